The Morgan fingerprint density at radius 3 is 2.39 bits per heavy atom. The lowest BCUT2D eigenvalue weighted by Gasteiger charge is -2.66. The third-order valence-electron chi connectivity index (χ3n) is 6.02. The quantitative estimate of drug-likeness (QED) is 0.653. The second kappa shape index (κ2) is 2.66. The molecule has 0 heteroatoms. The molecule has 0 amide bonds. The van der Waals surface area contributed by atoms with E-state index in [1.807, 2.05) is 0 Å². The molecule has 90 valence electrons. The highest BCUT2D eigenvalue weighted by molar-refractivity contribution is 5.83. The molecule has 5 rings (SSSR count). The lowest BCUT2D eigenvalue weighted by atomic mass is 9.37. The Labute approximate surface area is 108 Å². The maximum Gasteiger partial charge on any atom is 0.0205 e. The Morgan fingerprint density at radius 1 is 1.11 bits per heavy atom. The zero-order valence-corrected chi connectivity index (χ0v) is 11.2. The zero-order valence-electron chi connectivity index (χ0n) is 11.2. The highest BCUT2D eigenvalue weighted by Gasteiger charge is 2.63. The van der Waals surface area contributed by atoms with Gasteiger partial charge in [0, 0.05) is 11.8 Å². The highest BCUT2D eigenvalue weighted by Crippen LogP contribution is 2.76. The van der Waals surface area contributed by atoms with Crippen molar-refractivity contribution in [1.29, 1.82) is 0 Å². The molecule has 0 saturated heterocycles. The third kappa shape index (κ3) is 0.725. The van der Waals surface area contributed by atoms with Gasteiger partial charge in [0.1, 0.15) is 0 Å². The van der Waals surface area contributed by atoms with Gasteiger partial charge in [-0.2, -0.15) is 0 Å². The summed E-state index contributed by atoms with van der Waals surface area (Å²) in [6.45, 7) is 8.70. The average molecular weight is 234 g/mol. The van der Waals surface area contributed by atoms with Crippen LogP contribution in [0.2, 0.25) is 0 Å². The Hall–Kier alpha value is -1.30. The predicted octanol–water partition coefficient (Wildman–Crippen LogP) is 4.63. The SMILES string of the molecule is C=C(CC)C(C)=C1CC2=C1C1C3=C(C4=C3CC4)C21. The van der Waals surface area contributed by atoms with E-state index < -0.39 is 0 Å². The summed E-state index contributed by atoms with van der Waals surface area (Å²) in [7, 11) is 0. The van der Waals surface area contributed by atoms with Gasteiger partial charge in [0.25, 0.3) is 0 Å². The van der Waals surface area contributed by atoms with Gasteiger partial charge >= 0.3 is 0 Å². The van der Waals surface area contributed by atoms with Crippen LogP contribution in [0.5, 0.6) is 0 Å². The first-order valence-electron chi connectivity index (χ1n) is 7.32. The molecule has 0 heterocycles. The van der Waals surface area contributed by atoms with E-state index in [1.54, 1.807) is 39.0 Å². The average Bonchev–Trinajstić information content (AvgIpc) is 2.32. The van der Waals surface area contributed by atoms with Crippen LogP contribution in [0.15, 0.2) is 56.7 Å². The standard InChI is InChI=1S/C18H18/c1-4-8(2)9(3)12-7-13-14(12)18-16-11-6-5-10(11)15(16)17(13)18/h17-18H,2,4-7H2,1,3H3. The Morgan fingerprint density at radius 2 is 1.78 bits per heavy atom. The number of allylic oxidation sites excluding steroid dienone is 9. The van der Waals surface area contributed by atoms with Crippen LogP contribution in [0.3, 0.4) is 0 Å². The van der Waals surface area contributed by atoms with Gasteiger partial charge in [-0.05, 0) is 71.6 Å². The first kappa shape index (κ1) is 9.61. The third-order valence-corrected chi connectivity index (χ3v) is 6.02. The van der Waals surface area contributed by atoms with Crippen LogP contribution < -0.4 is 0 Å². The van der Waals surface area contributed by atoms with E-state index in [-0.39, 0.29) is 0 Å². The van der Waals surface area contributed by atoms with Crippen molar-refractivity contribution in [2.24, 2.45) is 11.8 Å². The van der Waals surface area contributed by atoms with Gasteiger partial charge in [-0.1, -0.05) is 24.6 Å². The fourth-order valence-electron chi connectivity index (χ4n) is 4.72. The van der Waals surface area contributed by atoms with Gasteiger partial charge in [0.05, 0.1) is 0 Å². The Kier molecular flexibility index (Phi) is 1.42. The van der Waals surface area contributed by atoms with Crippen molar-refractivity contribution in [3.8, 4) is 0 Å². The maximum atomic E-state index is 4.21. The van der Waals surface area contributed by atoms with Gasteiger partial charge in [-0.25, -0.2) is 0 Å². The first-order valence-corrected chi connectivity index (χ1v) is 7.32. The summed E-state index contributed by atoms with van der Waals surface area (Å²) in [4.78, 5) is 0. The summed E-state index contributed by atoms with van der Waals surface area (Å²) >= 11 is 0. The van der Waals surface area contributed by atoms with Crippen LogP contribution in [0.4, 0.5) is 0 Å². The molecule has 0 N–H and O–H groups in total. The summed E-state index contributed by atoms with van der Waals surface area (Å²) in [6, 6.07) is 0. The summed E-state index contributed by atoms with van der Waals surface area (Å²) in [6.07, 6.45) is 5.12. The lowest BCUT2D eigenvalue weighted by Crippen LogP contribution is -2.54. The monoisotopic (exact) mass is 234 g/mol. The molecule has 0 nitrogen and oxygen atoms in total. The second-order valence-corrected chi connectivity index (χ2v) is 6.42. The number of fused-ring (bicyclic) bond motifs is 7. The minimum absolute atomic E-state index is 0.845. The summed E-state index contributed by atoms with van der Waals surface area (Å²) in [5.74, 6) is 1.73. The van der Waals surface area contributed by atoms with E-state index in [1.165, 1.54) is 30.4 Å². The molecular formula is C18H18. The lowest BCUT2D eigenvalue weighted by molar-refractivity contribution is 0.340. The van der Waals surface area contributed by atoms with E-state index in [0.29, 0.717) is 0 Å². The van der Waals surface area contributed by atoms with Crippen LogP contribution in [-0.2, 0) is 0 Å². The van der Waals surface area contributed by atoms with Crippen LogP contribution in [0, 0.1) is 11.8 Å². The Bertz CT molecular complexity index is 673. The van der Waals surface area contributed by atoms with Crippen molar-refractivity contribution < 1.29 is 0 Å². The molecule has 0 spiro atoms. The van der Waals surface area contributed by atoms with E-state index in [4.69, 9.17) is 0 Å². The molecule has 5 aliphatic carbocycles. The van der Waals surface area contributed by atoms with Crippen molar-refractivity contribution in [3.05, 3.63) is 56.7 Å². The van der Waals surface area contributed by atoms with E-state index in [0.717, 1.165) is 18.3 Å². The van der Waals surface area contributed by atoms with Crippen LogP contribution in [0.25, 0.3) is 0 Å². The fraction of sp³-hybridized carbons (Fsp3) is 0.444. The fourth-order valence-corrected chi connectivity index (χ4v) is 4.72. The van der Waals surface area contributed by atoms with E-state index >= 15 is 0 Å². The van der Waals surface area contributed by atoms with Crippen molar-refractivity contribution in [3.63, 3.8) is 0 Å². The summed E-state index contributed by atoms with van der Waals surface area (Å²) in [5.41, 5.74) is 15.1. The normalized spacial score (nSPS) is 36.1. The summed E-state index contributed by atoms with van der Waals surface area (Å²) in [5, 5.41) is 0. The minimum atomic E-state index is 0.845. The molecule has 18 heavy (non-hydrogen) atoms. The second-order valence-electron chi connectivity index (χ2n) is 6.42. The smallest absolute Gasteiger partial charge is 0.0205 e. The topological polar surface area (TPSA) is 0 Å². The van der Waals surface area contributed by atoms with Crippen LogP contribution in [-0.4, -0.2) is 0 Å². The molecular weight excluding hydrogens is 216 g/mol. The van der Waals surface area contributed by atoms with Crippen molar-refractivity contribution in [1.82, 2.24) is 0 Å². The van der Waals surface area contributed by atoms with Gasteiger partial charge in [-0.3, -0.25) is 0 Å². The van der Waals surface area contributed by atoms with Gasteiger partial charge in [-0.15, -0.1) is 0 Å². The van der Waals surface area contributed by atoms with Gasteiger partial charge in [0.15, 0.2) is 0 Å². The van der Waals surface area contributed by atoms with Gasteiger partial charge < -0.3 is 0 Å². The number of rotatable bonds is 2. The van der Waals surface area contributed by atoms with Crippen molar-refractivity contribution in [2.45, 2.75) is 39.5 Å². The van der Waals surface area contributed by atoms with Crippen LogP contribution >= 0.6 is 0 Å². The molecule has 0 aromatic heterocycles. The van der Waals surface area contributed by atoms with E-state index in [9.17, 15) is 0 Å². The molecule has 0 aromatic carbocycles. The molecule has 0 radical (unpaired) electrons. The zero-order chi connectivity index (χ0) is 12.2. The molecule has 0 saturated carbocycles. The summed E-state index contributed by atoms with van der Waals surface area (Å²) < 4.78 is 0. The van der Waals surface area contributed by atoms with Crippen molar-refractivity contribution in [2.75, 3.05) is 0 Å². The molecule has 0 aliphatic heterocycles. The molecule has 0 aromatic rings. The molecule has 2 unspecified atom stereocenters. The van der Waals surface area contributed by atoms with E-state index in [2.05, 4.69) is 20.4 Å². The number of hydrogen-bond acceptors (Lipinski definition) is 0. The molecule has 0 bridgehead atoms. The maximum absolute atomic E-state index is 4.21. The molecule has 2 atom stereocenters. The van der Waals surface area contributed by atoms with Crippen molar-refractivity contribution >= 4 is 0 Å². The molecule has 0 fully saturated rings. The van der Waals surface area contributed by atoms with Crippen LogP contribution in [0.1, 0.15) is 39.5 Å². The highest BCUT2D eigenvalue weighted by atomic mass is 14.7. The predicted molar refractivity (Wildman–Crippen MR) is 74.0 cm³/mol. The number of hydrogen-bond donors (Lipinski definition) is 0. The largest absolute Gasteiger partial charge is 0.0956 e. The minimum Gasteiger partial charge on any atom is -0.0956 e. The van der Waals surface area contributed by atoms with Gasteiger partial charge in [0.2, 0.25) is 0 Å². The first-order chi connectivity index (χ1) is 8.74. The Balaban J connectivity index is 1.50. The molecule has 5 aliphatic rings.